The van der Waals surface area contributed by atoms with Crippen molar-refractivity contribution in [2.45, 2.75) is 20.0 Å². The van der Waals surface area contributed by atoms with Crippen LogP contribution < -0.4 is 5.32 Å². The number of carbonyl (C=O) groups excluding carboxylic acids is 1. The highest BCUT2D eigenvalue weighted by Crippen LogP contribution is 2.12. The third-order valence-electron chi connectivity index (χ3n) is 2.36. The number of alkyl halides is 3. The molecule has 19 heavy (non-hydrogen) atoms. The highest BCUT2D eigenvalue weighted by atomic mass is 19.4. The summed E-state index contributed by atoms with van der Waals surface area (Å²) in [6.45, 7) is 4.30. The molecule has 0 radical (unpaired) electrons. The Bertz CT molecular complexity index is 267. The lowest BCUT2D eigenvalue weighted by Crippen LogP contribution is -2.44. The SMILES string of the molecule is CC(C)CN(CCN(C)C)C(=O)CNCC(F)(F)F. The standard InChI is InChI=1S/C12H24F3N3O/c1-10(2)8-18(6-5-17(3)4)11(19)7-16-9-12(13,14)15/h10,16H,5-9H2,1-4H3. The first-order valence-corrected chi connectivity index (χ1v) is 6.31. The zero-order chi connectivity index (χ0) is 15.1. The number of nitrogens with one attached hydrogen (secondary N) is 1. The van der Waals surface area contributed by atoms with E-state index in [4.69, 9.17) is 0 Å². The Balaban J connectivity index is 4.21. The highest BCUT2D eigenvalue weighted by Gasteiger charge is 2.27. The second-order valence-corrected chi connectivity index (χ2v) is 5.26. The molecule has 0 aliphatic rings. The zero-order valence-corrected chi connectivity index (χ0v) is 12.0. The molecule has 0 aromatic carbocycles. The van der Waals surface area contributed by atoms with Crippen molar-refractivity contribution in [3.8, 4) is 0 Å². The summed E-state index contributed by atoms with van der Waals surface area (Å²) in [5, 5.41) is 2.14. The molecule has 1 amide bonds. The molecule has 0 saturated carbocycles. The van der Waals surface area contributed by atoms with Crippen LogP contribution in [0.3, 0.4) is 0 Å². The summed E-state index contributed by atoms with van der Waals surface area (Å²) in [5.41, 5.74) is 0. The fourth-order valence-electron chi connectivity index (χ4n) is 1.50. The summed E-state index contributed by atoms with van der Waals surface area (Å²) in [6, 6.07) is 0. The van der Waals surface area contributed by atoms with Crippen molar-refractivity contribution in [1.29, 1.82) is 0 Å². The summed E-state index contributed by atoms with van der Waals surface area (Å²) in [4.78, 5) is 15.4. The molecular formula is C12H24F3N3O. The third kappa shape index (κ3) is 10.8. The van der Waals surface area contributed by atoms with Gasteiger partial charge in [0.05, 0.1) is 13.1 Å². The molecule has 0 aromatic heterocycles. The van der Waals surface area contributed by atoms with Crippen LogP contribution in [0.2, 0.25) is 0 Å². The van der Waals surface area contributed by atoms with E-state index in [-0.39, 0.29) is 18.4 Å². The lowest BCUT2D eigenvalue weighted by atomic mass is 10.2. The van der Waals surface area contributed by atoms with E-state index < -0.39 is 12.7 Å². The van der Waals surface area contributed by atoms with Crippen LogP contribution >= 0.6 is 0 Å². The molecule has 1 N–H and O–H groups in total. The van der Waals surface area contributed by atoms with Crippen molar-refractivity contribution in [3.63, 3.8) is 0 Å². The van der Waals surface area contributed by atoms with Crippen LogP contribution in [-0.2, 0) is 4.79 Å². The van der Waals surface area contributed by atoms with E-state index in [1.807, 2.05) is 32.8 Å². The molecule has 0 aromatic rings. The number of hydrogen-bond acceptors (Lipinski definition) is 3. The molecular weight excluding hydrogens is 259 g/mol. The van der Waals surface area contributed by atoms with Gasteiger partial charge in [0, 0.05) is 19.6 Å². The van der Waals surface area contributed by atoms with Gasteiger partial charge in [-0.05, 0) is 20.0 Å². The quantitative estimate of drug-likeness (QED) is 0.727. The number of rotatable bonds is 8. The Morgan fingerprint density at radius 2 is 1.79 bits per heavy atom. The predicted molar refractivity (Wildman–Crippen MR) is 68.9 cm³/mol. The van der Waals surface area contributed by atoms with Crippen LogP contribution in [0.4, 0.5) is 13.2 Å². The number of carbonyl (C=O) groups is 1. The average Bonchev–Trinajstić information content (AvgIpc) is 2.21. The molecule has 0 bridgehead atoms. The monoisotopic (exact) mass is 283 g/mol. The van der Waals surface area contributed by atoms with E-state index in [2.05, 4.69) is 5.32 Å². The lowest BCUT2D eigenvalue weighted by molar-refractivity contribution is -0.134. The lowest BCUT2D eigenvalue weighted by Gasteiger charge is -2.26. The van der Waals surface area contributed by atoms with Crippen LogP contribution in [-0.4, -0.2) is 68.7 Å². The van der Waals surface area contributed by atoms with E-state index in [1.54, 1.807) is 4.90 Å². The number of halogens is 3. The average molecular weight is 283 g/mol. The molecule has 0 rings (SSSR count). The molecule has 4 nitrogen and oxygen atoms in total. The first-order valence-electron chi connectivity index (χ1n) is 6.31. The first-order chi connectivity index (χ1) is 8.61. The minimum Gasteiger partial charge on any atom is -0.340 e. The van der Waals surface area contributed by atoms with Crippen molar-refractivity contribution in [2.75, 3.05) is 46.8 Å². The predicted octanol–water partition coefficient (Wildman–Crippen LogP) is 1.18. The maximum Gasteiger partial charge on any atom is 0.401 e. The zero-order valence-electron chi connectivity index (χ0n) is 12.0. The molecule has 0 spiro atoms. The van der Waals surface area contributed by atoms with E-state index in [0.29, 0.717) is 19.6 Å². The van der Waals surface area contributed by atoms with Crippen molar-refractivity contribution >= 4 is 5.91 Å². The molecule has 0 aliphatic carbocycles. The van der Waals surface area contributed by atoms with E-state index in [0.717, 1.165) is 0 Å². The second kappa shape index (κ2) is 8.37. The van der Waals surface area contributed by atoms with Crippen LogP contribution in [0.15, 0.2) is 0 Å². The Morgan fingerprint density at radius 3 is 2.21 bits per heavy atom. The van der Waals surface area contributed by atoms with E-state index in [1.165, 1.54) is 0 Å². The van der Waals surface area contributed by atoms with Crippen LogP contribution in [0, 0.1) is 5.92 Å². The van der Waals surface area contributed by atoms with Gasteiger partial charge in [-0.1, -0.05) is 13.8 Å². The molecule has 7 heteroatoms. The third-order valence-corrected chi connectivity index (χ3v) is 2.36. The van der Waals surface area contributed by atoms with Gasteiger partial charge in [0.2, 0.25) is 5.91 Å². The minimum absolute atomic E-state index is 0.278. The van der Waals surface area contributed by atoms with Gasteiger partial charge >= 0.3 is 6.18 Å². The molecule has 0 heterocycles. The van der Waals surface area contributed by atoms with Gasteiger partial charge in [-0.3, -0.25) is 4.79 Å². The molecule has 0 atom stereocenters. The number of amides is 1. The van der Waals surface area contributed by atoms with E-state index in [9.17, 15) is 18.0 Å². The topological polar surface area (TPSA) is 35.6 Å². The fourth-order valence-corrected chi connectivity index (χ4v) is 1.50. The second-order valence-electron chi connectivity index (χ2n) is 5.26. The molecule has 0 fully saturated rings. The molecule has 0 saturated heterocycles. The van der Waals surface area contributed by atoms with Crippen molar-refractivity contribution < 1.29 is 18.0 Å². The van der Waals surface area contributed by atoms with Gasteiger partial charge in [0.1, 0.15) is 0 Å². The summed E-state index contributed by atoms with van der Waals surface area (Å²) in [5.74, 6) is -0.00599. The summed E-state index contributed by atoms with van der Waals surface area (Å²) >= 11 is 0. The van der Waals surface area contributed by atoms with Gasteiger partial charge in [-0.2, -0.15) is 13.2 Å². The Kier molecular flexibility index (Phi) is 8.01. The molecule has 114 valence electrons. The van der Waals surface area contributed by atoms with Gasteiger partial charge in [0.15, 0.2) is 0 Å². The smallest absolute Gasteiger partial charge is 0.340 e. The number of hydrogen-bond donors (Lipinski definition) is 1. The van der Waals surface area contributed by atoms with Crippen molar-refractivity contribution in [1.82, 2.24) is 15.1 Å². The van der Waals surface area contributed by atoms with Gasteiger partial charge in [-0.15, -0.1) is 0 Å². The highest BCUT2D eigenvalue weighted by molar-refractivity contribution is 5.78. The van der Waals surface area contributed by atoms with Crippen LogP contribution in [0.25, 0.3) is 0 Å². The van der Waals surface area contributed by atoms with Crippen molar-refractivity contribution in [2.24, 2.45) is 5.92 Å². The molecule has 0 unspecified atom stereocenters. The van der Waals surface area contributed by atoms with Crippen LogP contribution in [0.5, 0.6) is 0 Å². The van der Waals surface area contributed by atoms with Gasteiger partial charge < -0.3 is 15.1 Å². The van der Waals surface area contributed by atoms with Gasteiger partial charge in [0.25, 0.3) is 0 Å². The Hall–Kier alpha value is -0.820. The Morgan fingerprint density at radius 1 is 1.21 bits per heavy atom. The Labute approximate surface area is 112 Å². The maximum atomic E-state index is 12.0. The first kappa shape index (κ1) is 18.2. The summed E-state index contributed by atoms with van der Waals surface area (Å²) < 4.78 is 35.9. The molecule has 0 aliphatic heterocycles. The van der Waals surface area contributed by atoms with Crippen LogP contribution in [0.1, 0.15) is 13.8 Å². The van der Waals surface area contributed by atoms with Gasteiger partial charge in [-0.25, -0.2) is 0 Å². The number of nitrogens with zero attached hydrogens (tertiary/aromatic N) is 2. The van der Waals surface area contributed by atoms with Crippen molar-refractivity contribution in [3.05, 3.63) is 0 Å². The maximum absolute atomic E-state index is 12.0. The minimum atomic E-state index is -4.28. The van der Waals surface area contributed by atoms with E-state index >= 15 is 0 Å². The summed E-state index contributed by atoms with van der Waals surface area (Å²) in [7, 11) is 3.78. The normalized spacial score (nSPS) is 12.3. The largest absolute Gasteiger partial charge is 0.401 e. The fraction of sp³-hybridized carbons (Fsp3) is 0.917. The number of likely N-dealkylation sites (N-methyl/N-ethyl adjacent to an activating group) is 1. The summed E-state index contributed by atoms with van der Waals surface area (Å²) in [6.07, 6.45) is -4.28.